The molecule has 0 aliphatic rings. The maximum atomic E-state index is 9.78. The van der Waals surface area contributed by atoms with Crippen molar-refractivity contribution in [3.8, 4) is 0 Å². The smallest absolute Gasteiger partial charge is 0.333 e. The highest BCUT2D eigenvalue weighted by molar-refractivity contribution is 5.80. The molecule has 0 bridgehead atoms. The first kappa shape index (κ1) is 20.3. The molecule has 0 saturated heterocycles. The highest BCUT2D eigenvalue weighted by atomic mass is 16.3. The van der Waals surface area contributed by atoms with Gasteiger partial charge in [-0.25, -0.2) is 0 Å². The van der Waals surface area contributed by atoms with Crippen LogP contribution in [0.5, 0.6) is 0 Å². The summed E-state index contributed by atoms with van der Waals surface area (Å²) in [6.07, 6.45) is 7.05. The Morgan fingerprint density at radius 3 is 1.86 bits per heavy atom. The normalized spacial score (nSPS) is 11.5. The Bertz CT molecular complexity index is 906. The van der Waals surface area contributed by atoms with E-state index in [-0.39, 0.29) is 6.61 Å². The van der Waals surface area contributed by atoms with E-state index in [0.29, 0.717) is 5.82 Å². The van der Waals surface area contributed by atoms with E-state index in [4.69, 9.17) is 0 Å². The minimum absolute atomic E-state index is 0.180. The number of rotatable bonds is 7. The van der Waals surface area contributed by atoms with Crippen molar-refractivity contribution in [3.63, 3.8) is 0 Å². The van der Waals surface area contributed by atoms with Crippen molar-refractivity contribution in [1.29, 1.82) is 0 Å². The number of aliphatic hydroxyl groups excluding tert-OH is 1. The Morgan fingerprint density at radius 2 is 1.38 bits per heavy atom. The van der Waals surface area contributed by atoms with Crippen molar-refractivity contribution in [3.05, 3.63) is 77.9 Å². The van der Waals surface area contributed by atoms with Crippen LogP contribution in [0.1, 0.15) is 17.0 Å². The monoisotopic (exact) mass is 391 g/mol. The van der Waals surface area contributed by atoms with Crippen LogP contribution in [0.25, 0.3) is 0 Å². The van der Waals surface area contributed by atoms with Gasteiger partial charge in [-0.15, -0.1) is 9.35 Å². The van der Waals surface area contributed by atoms with Gasteiger partial charge in [-0.3, -0.25) is 0 Å². The molecule has 0 fully saturated rings. The molecule has 0 amide bonds. The van der Waals surface area contributed by atoms with E-state index in [0.717, 1.165) is 22.5 Å². The predicted molar refractivity (Wildman–Crippen MR) is 118 cm³/mol. The van der Waals surface area contributed by atoms with Gasteiger partial charge in [0.1, 0.15) is 6.61 Å². The second kappa shape index (κ2) is 9.16. The van der Waals surface area contributed by atoms with E-state index in [1.807, 2.05) is 86.5 Å². The van der Waals surface area contributed by atoms with E-state index in [2.05, 4.69) is 10.2 Å². The van der Waals surface area contributed by atoms with E-state index in [9.17, 15) is 5.11 Å². The number of anilines is 2. The highest BCUT2D eigenvalue weighted by Gasteiger charge is 2.15. The Balaban J connectivity index is 1.75. The molecule has 0 radical (unpaired) electrons. The van der Waals surface area contributed by atoms with Gasteiger partial charge in [0.2, 0.25) is 0 Å². The zero-order valence-electron chi connectivity index (χ0n) is 17.3. The molecule has 150 valence electrons. The topological polar surface area (TPSA) is 60.2 Å². The fraction of sp³-hybridized carbons (Fsp3) is 0.227. The number of aliphatic hydroxyl groups is 1. The summed E-state index contributed by atoms with van der Waals surface area (Å²) in [6.45, 7) is -0.180. The van der Waals surface area contributed by atoms with Crippen LogP contribution < -0.4 is 14.5 Å². The van der Waals surface area contributed by atoms with Gasteiger partial charge in [-0.05, 0) is 35.4 Å². The van der Waals surface area contributed by atoms with Crippen LogP contribution in [-0.4, -0.2) is 50.4 Å². The van der Waals surface area contributed by atoms with Crippen molar-refractivity contribution in [2.24, 2.45) is 10.2 Å². The van der Waals surface area contributed by atoms with Gasteiger partial charge in [0.25, 0.3) is 0 Å². The largest absolute Gasteiger partial charge is 0.383 e. The molecule has 2 aromatic carbocycles. The summed E-state index contributed by atoms with van der Waals surface area (Å²) >= 11 is 0. The lowest BCUT2D eigenvalue weighted by Gasteiger charge is -2.11. The molecule has 1 N–H and O–H groups in total. The van der Waals surface area contributed by atoms with Gasteiger partial charge in [0, 0.05) is 39.6 Å². The summed E-state index contributed by atoms with van der Waals surface area (Å²) in [4.78, 5) is 4.09. The van der Waals surface area contributed by atoms with Crippen molar-refractivity contribution in [2.45, 2.75) is 6.61 Å². The third-order valence-corrected chi connectivity index (χ3v) is 4.50. The minimum atomic E-state index is -0.180. The number of imidazole rings is 1. The molecule has 0 atom stereocenters. The minimum Gasteiger partial charge on any atom is -0.383 e. The molecule has 7 heteroatoms. The maximum absolute atomic E-state index is 9.78. The van der Waals surface area contributed by atoms with Crippen LogP contribution >= 0.6 is 0 Å². The highest BCUT2D eigenvalue weighted by Crippen LogP contribution is 2.12. The molecule has 1 heterocycles. The standard InChI is InChI=1S/C22H27N6O/c1-25(2)20-9-5-18(6-10-20)15-23-27-13-14-28(22(27)17-29)24-16-19-7-11-21(12-8-19)26(3)4/h5-16,29H,17H2,1-4H3/q+1/b23-15+,24-16+. The van der Waals surface area contributed by atoms with Crippen LogP contribution in [-0.2, 0) is 6.61 Å². The first-order valence-electron chi connectivity index (χ1n) is 9.34. The second-order valence-corrected chi connectivity index (χ2v) is 7.02. The molecule has 3 aromatic rings. The lowest BCUT2D eigenvalue weighted by atomic mass is 10.2. The van der Waals surface area contributed by atoms with Gasteiger partial charge in [0.05, 0.1) is 12.4 Å². The van der Waals surface area contributed by atoms with Crippen molar-refractivity contribution in [1.82, 2.24) is 4.68 Å². The molecule has 3 rings (SSSR count). The Kier molecular flexibility index (Phi) is 6.41. The van der Waals surface area contributed by atoms with Crippen LogP contribution in [0.3, 0.4) is 0 Å². The van der Waals surface area contributed by atoms with E-state index in [1.54, 1.807) is 34.2 Å². The molecule has 0 spiro atoms. The number of hydrogen-bond donors (Lipinski definition) is 1. The van der Waals surface area contributed by atoms with Crippen LogP contribution in [0, 0.1) is 0 Å². The third-order valence-electron chi connectivity index (χ3n) is 4.50. The number of aromatic nitrogens is 2. The average molecular weight is 391 g/mol. The van der Waals surface area contributed by atoms with Crippen molar-refractivity contribution < 1.29 is 9.78 Å². The molecular weight excluding hydrogens is 364 g/mol. The lowest BCUT2D eigenvalue weighted by molar-refractivity contribution is -0.687. The molecule has 0 unspecified atom stereocenters. The summed E-state index contributed by atoms with van der Waals surface area (Å²) in [5.74, 6) is 0.562. The lowest BCUT2D eigenvalue weighted by Crippen LogP contribution is -2.31. The van der Waals surface area contributed by atoms with Gasteiger partial charge >= 0.3 is 5.82 Å². The predicted octanol–water partition coefficient (Wildman–Crippen LogP) is 2.16. The zero-order chi connectivity index (χ0) is 20.8. The quantitative estimate of drug-likeness (QED) is 0.496. The summed E-state index contributed by atoms with van der Waals surface area (Å²) < 4.78 is 3.23. The van der Waals surface area contributed by atoms with Gasteiger partial charge < -0.3 is 14.9 Å². The first-order chi connectivity index (χ1) is 14.0. The average Bonchev–Trinajstić information content (AvgIpc) is 3.13. The van der Waals surface area contributed by atoms with Crippen LogP contribution in [0.4, 0.5) is 11.4 Å². The maximum Gasteiger partial charge on any atom is 0.333 e. The Labute approximate surface area is 171 Å². The summed E-state index contributed by atoms with van der Waals surface area (Å²) in [6, 6.07) is 16.2. The molecule has 1 aromatic heterocycles. The molecule has 0 saturated carbocycles. The summed E-state index contributed by atoms with van der Waals surface area (Å²) in [5, 5.41) is 18.7. The molecular formula is C22H27N6O+. The zero-order valence-corrected chi connectivity index (χ0v) is 17.3. The van der Waals surface area contributed by atoms with Crippen LogP contribution in [0.15, 0.2) is 71.1 Å². The fourth-order valence-electron chi connectivity index (χ4n) is 2.73. The molecule has 0 aliphatic carbocycles. The fourth-order valence-corrected chi connectivity index (χ4v) is 2.73. The Hall–Kier alpha value is -3.45. The van der Waals surface area contributed by atoms with E-state index < -0.39 is 0 Å². The second-order valence-electron chi connectivity index (χ2n) is 7.02. The van der Waals surface area contributed by atoms with Gasteiger partial charge in [-0.1, -0.05) is 34.5 Å². The SMILES string of the molecule is CN(C)c1ccc(/C=N/n2cc[n+](/N=C/c3ccc(N(C)C)cc3)c2CO)cc1. The van der Waals surface area contributed by atoms with E-state index in [1.165, 1.54) is 0 Å². The third kappa shape index (κ3) is 5.08. The van der Waals surface area contributed by atoms with E-state index >= 15 is 0 Å². The first-order valence-corrected chi connectivity index (χ1v) is 9.34. The van der Waals surface area contributed by atoms with Gasteiger partial charge in [-0.2, -0.15) is 0 Å². The summed E-state index contributed by atoms with van der Waals surface area (Å²) in [5.41, 5.74) is 4.21. The number of hydrogen-bond acceptors (Lipinski definition) is 5. The summed E-state index contributed by atoms with van der Waals surface area (Å²) in [7, 11) is 8.03. The van der Waals surface area contributed by atoms with Crippen LogP contribution in [0.2, 0.25) is 0 Å². The van der Waals surface area contributed by atoms with Gasteiger partial charge in [0.15, 0.2) is 12.4 Å². The molecule has 7 nitrogen and oxygen atoms in total. The van der Waals surface area contributed by atoms with Crippen molar-refractivity contribution >= 4 is 23.8 Å². The molecule has 0 aliphatic heterocycles. The number of nitrogens with zero attached hydrogens (tertiary/aromatic N) is 6. The van der Waals surface area contributed by atoms with Crippen molar-refractivity contribution in [2.75, 3.05) is 38.0 Å². The molecule has 29 heavy (non-hydrogen) atoms. The number of benzene rings is 2. The Morgan fingerprint density at radius 1 is 0.862 bits per heavy atom.